The molecule has 116 valence electrons. The summed E-state index contributed by atoms with van der Waals surface area (Å²) >= 11 is 0. The molecule has 0 fully saturated rings. The fourth-order valence-electron chi connectivity index (χ4n) is 2.80. The van der Waals surface area contributed by atoms with E-state index in [1.165, 1.54) is 12.1 Å². The lowest BCUT2D eigenvalue weighted by Gasteiger charge is -2.29. The molecule has 0 spiro atoms. The molecule has 1 aliphatic rings. The Morgan fingerprint density at radius 3 is 2.38 bits per heavy atom. The SMILES string of the molecule is CC1=CC(C(O)O)CCC1c1cccc(C(F)(F)F)c1F. The molecule has 21 heavy (non-hydrogen) atoms. The Morgan fingerprint density at radius 2 is 1.86 bits per heavy atom. The summed E-state index contributed by atoms with van der Waals surface area (Å²) in [4.78, 5) is 0. The molecule has 0 bridgehead atoms. The molecule has 0 aromatic heterocycles. The van der Waals surface area contributed by atoms with Gasteiger partial charge in [0.2, 0.25) is 0 Å². The van der Waals surface area contributed by atoms with Crippen LogP contribution >= 0.6 is 0 Å². The van der Waals surface area contributed by atoms with Crippen molar-refractivity contribution in [2.45, 2.75) is 38.1 Å². The average molecular weight is 304 g/mol. The normalized spacial score (nSPS) is 23.3. The van der Waals surface area contributed by atoms with E-state index in [0.29, 0.717) is 18.4 Å². The van der Waals surface area contributed by atoms with E-state index in [0.717, 1.165) is 6.07 Å². The van der Waals surface area contributed by atoms with Crippen molar-refractivity contribution in [2.75, 3.05) is 0 Å². The van der Waals surface area contributed by atoms with Gasteiger partial charge in [-0.2, -0.15) is 13.2 Å². The first-order valence-corrected chi connectivity index (χ1v) is 6.62. The molecule has 6 heteroatoms. The first-order valence-electron chi connectivity index (χ1n) is 6.62. The van der Waals surface area contributed by atoms with Crippen LogP contribution < -0.4 is 0 Å². The molecule has 0 saturated heterocycles. The Labute approximate surface area is 119 Å². The molecular formula is C15H16F4O2. The molecule has 0 aliphatic heterocycles. The van der Waals surface area contributed by atoms with Gasteiger partial charge in [-0.25, -0.2) is 4.39 Å². The van der Waals surface area contributed by atoms with Gasteiger partial charge in [-0.15, -0.1) is 0 Å². The molecule has 0 radical (unpaired) electrons. The van der Waals surface area contributed by atoms with Crippen LogP contribution in [0.5, 0.6) is 0 Å². The van der Waals surface area contributed by atoms with Crippen LogP contribution in [0.1, 0.15) is 36.8 Å². The summed E-state index contributed by atoms with van der Waals surface area (Å²) in [5.74, 6) is -2.18. The highest BCUT2D eigenvalue weighted by Crippen LogP contribution is 2.40. The second-order valence-corrected chi connectivity index (χ2v) is 5.32. The van der Waals surface area contributed by atoms with Crippen molar-refractivity contribution in [1.82, 2.24) is 0 Å². The topological polar surface area (TPSA) is 40.5 Å². The summed E-state index contributed by atoms with van der Waals surface area (Å²) in [5.41, 5.74) is -0.612. The van der Waals surface area contributed by atoms with E-state index in [-0.39, 0.29) is 5.56 Å². The summed E-state index contributed by atoms with van der Waals surface area (Å²) in [6.07, 6.45) is -3.88. The van der Waals surface area contributed by atoms with Gasteiger partial charge in [-0.1, -0.05) is 23.8 Å². The summed E-state index contributed by atoms with van der Waals surface area (Å²) in [7, 11) is 0. The maximum absolute atomic E-state index is 14.1. The fourth-order valence-corrected chi connectivity index (χ4v) is 2.80. The quantitative estimate of drug-likeness (QED) is 0.498. The van der Waals surface area contributed by atoms with Crippen LogP contribution in [0.3, 0.4) is 0 Å². The third kappa shape index (κ3) is 3.27. The molecule has 1 aromatic rings. The number of rotatable bonds is 2. The van der Waals surface area contributed by atoms with Crippen LogP contribution in [0, 0.1) is 11.7 Å². The van der Waals surface area contributed by atoms with E-state index in [1.807, 2.05) is 0 Å². The smallest absolute Gasteiger partial charge is 0.368 e. The zero-order valence-electron chi connectivity index (χ0n) is 11.4. The van der Waals surface area contributed by atoms with Crippen molar-refractivity contribution >= 4 is 0 Å². The van der Waals surface area contributed by atoms with Gasteiger partial charge >= 0.3 is 6.18 Å². The number of hydrogen-bond donors (Lipinski definition) is 2. The van der Waals surface area contributed by atoms with Crippen molar-refractivity contribution < 1.29 is 27.8 Å². The Balaban J connectivity index is 2.38. The van der Waals surface area contributed by atoms with E-state index >= 15 is 0 Å². The molecule has 2 N–H and O–H groups in total. The van der Waals surface area contributed by atoms with Crippen molar-refractivity contribution in [3.63, 3.8) is 0 Å². The van der Waals surface area contributed by atoms with E-state index in [1.54, 1.807) is 13.0 Å². The molecule has 0 saturated carbocycles. The molecule has 2 atom stereocenters. The second-order valence-electron chi connectivity index (χ2n) is 5.32. The summed E-state index contributed by atoms with van der Waals surface area (Å²) < 4.78 is 52.4. The van der Waals surface area contributed by atoms with Gasteiger partial charge in [-0.05, 0) is 31.4 Å². The van der Waals surface area contributed by atoms with Crippen molar-refractivity contribution in [2.24, 2.45) is 5.92 Å². The number of halogens is 4. The van der Waals surface area contributed by atoms with E-state index in [4.69, 9.17) is 10.2 Å². The predicted molar refractivity (Wildman–Crippen MR) is 68.8 cm³/mol. The number of benzene rings is 1. The van der Waals surface area contributed by atoms with Crippen LogP contribution in [-0.4, -0.2) is 16.5 Å². The van der Waals surface area contributed by atoms with Crippen molar-refractivity contribution in [3.05, 3.63) is 46.8 Å². The number of alkyl halides is 3. The standard InChI is InChI=1S/C15H16F4O2/c1-8-7-9(14(20)21)5-6-10(8)11-3-2-4-12(13(11)16)15(17,18)19/h2-4,7,9-10,14,20-21H,5-6H2,1H3. The largest absolute Gasteiger partial charge is 0.419 e. The third-order valence-electron chi connectivity index (χ3n) is 3.91. The maximum Gasteiger partial charge on any atom is 0.419 e. The van der Waals surface area contributed by atoms with Gasteiger partial charge in [-0.3, -0.25) is 0 Å². The van der Waals surface area contributed by atoms with Gasteiger partial charge in [0.25, 0.3) is 0 Å². The minimum absolute atomic E-state index is 0.00412. The molecule has 2 nitrogen and oxygen atoms in total. The monoisotopic (exact) mass is 304 g/mol. The van der Waals surface area contributed by atoms with Crippen LogP contribution in [0.2, 0.25) is 0 Å². The number of aliphatic hydroxyl groups is 2. The number of aliphatic hydroxyl groups excluding tert-OH is 1. The first kappa shape index (κ1) is 16.0. The van der Waals surface area contributed by atoms with E-state index < -0.39 is 35.7 Å². The number of allylic oxidation sites excluding steroid dienone is 1. The highest BCUT2D eigenvalue weighted by molar-refractivity contribution is 5.36. The third-order valence-corrected chi connectivity index (χ3v) is 3.91. The second kappa shape index (κ2) is 5.77. The highest BCUT2D eigenvalue weighted by atomic mass is 19.4. The molecule has 1 aliphatic carbocycles. The summed E-state index contributed by atoms with van der Waals surface area (Å²) in [5, 5.41) is 18.3. The van der Waals surface area contributed by atoms with E-state index in [2.05, 4.69) is 0 Å². The molecule has 2 rings (SSSR count). The Kier molecular flexibility index (Phi) is 4.39. The van der Waals surface area contributed by atoms with Gasteiger partial charge in [0.05, 0.1) is 5.56 Å². The molecule has 0 heterocycles. The van der Waals surface area contributed by atoms with Crippen molar-refractivity contribution in [3.8, 4) is 0 Å². The number of hydrogen-bond acceptors (Lipinski definition) is 2. The molecule has 1 aromatic carbocycles. The lowest BCUT2D eigenvalue weighted by atomic mass is 9.78. The van der Waals surface area contributed by atoms with Crippen LogP contribution in [0.25, 0.3) is 0 Å². The Bertz CT molecular complexity index is 549. The van der Waals surface area contributed by atoms with Crippen LogP contribution in [0.4, 0.5) is 17.6 Å². The average Bonchev–Trinajstić information content (AvgIpc) is 2.38. The highest BCUT2D eigenvalue weighted by Gasteiger charge is 2.36. The summed E-state index contributed by atoms with van der Waals surface area (Å²) in [6.45, 7) is 1.67. The maximum atomic E-state index is 14.1. The lowest BCUT2D eigenvalue weighted by molar-refractivity contribution is -0.140. The minimum atomic E-state index is -4.73. The van der Waals surface area contributed by atoms with Crippen LogP contribution in [0.15, 0.2) is 29.8 Å². The minimum Gasteiger partial charge on any atom is -0.368 e. The van der Waals surface area contributed by atoms with Gasteiger partial charge in [0, 0.05) is 11.8 Å². The molecule has 0 amide bonds. The van der Waals surface area contributed by atoms with Gasteiger partial charge < -0.3 is 10.2 Å². The molecular weight excluding hydrogens is 288 g/mol. The van der Waals surface area contributed by atoms with E-state index in [9.17, 15) is 17.6 Å². The first-order chi connectivity index (χ1) is 9.71. The van der Waals surface area contributed by atoms with Crippen molar-refractivity contribution in [1.29, 1.82) is 0 Å². The summed E-state index contributed by atoms with van der Waals surface area (Å²) in [6, 6.07) is 3.27. The van der Waals surface area contributed by atoms with Gasteiger partial charge in [0.1, 0.15) is 5.82 Å². The van der Waals surface area contributed by atoms with Crippen LogP contribution in [-0.2, 0) is 6.18 Å². The van der Waals surface area contributed by atoms with Gasteiger partial charge in [0.15, 0.2) is 6.29 Å². The zero-order chi connectivity index (χ0) is 15.8. The zero-order valence-corrected chi connectivity index (χ0v) is 11.4. The Morgan fingerprint density at radius 1 is 1.19 bits per heavy atom. The predicted octanol–water partition coefficient (Wildman–Crippen LogP) is 3.60. The molecule has 2 unspecified atom stereocenters. The Hall–Kier alpha value is -1.40. The lowest BCUT2D eigenvalue weighted by Crippen LogP contribution is -2.23. The fraction of sp³-hybridized carbons (Fsp3) is 0.467.